The Hall–Kier alpha value is -1.50. The van der Waals surface area contributed by atoms with E-state index in [1.54, 1.807) is 6.20 Å². The lowest BCUT2D eigenvalue weighted by Gasteiger charge is -1.99. The number of hydrogen-bond donors (Lipinski definition) is 1. The standard InChI is InChI=1S/C8H8F3N3O/c9-8(10,11)6-5-7-13(3-4-15)1-2-14(7)12-6/h1-2,5,15H,3-4H2. The molecule has 0 aliphatic rings. The Labute approximate surface area is 82.5 Å². The molecule has 2 aromatic rings. The second-order valence-electron chi connectivity index (χ2n) is 3.05. The minimum absolute atomic E-state index is 0.128. The van der Waals surface area contributed by atoms with Crippen LogP contribution in [0.4, 0.5) is 13.2 Å². The predicted octanol–water partition coefficient (Wildman–Crippen LogP) is 1.15. The van der Waals surface area contributed by atoms with Gasteiger partial charge in [0.25, 0.3) is 0 Å². The number of aliphatic hydroxyl groups is 1. The number of alkyl halides is 3. The van der Waals surface area contributed by atoms with Gasteiger partial charge in [0.15, 0.2) is 5.69 Å². The molecule has 4 nitrogen and oxygen atoms in total. The topological polar surface area (TPSA) is 42.5 Å². The molecule has 15 heavy (non-hydrogen) atoms. The molecule has 0 fully saturated rings. The average Bonchev–Trinajstić information content (AvgIpc) is 2.65. The fraction of sp³-hybridized carbons (Fsp3) is 0.375. The summed E-state index contributed by atoms with van der Waals surface area (Å²) < 4.78 is 39.5. The van der Waals surface area contributed by atoms with E-state index in [0.717, 1.165) is 10.6 Å². The molecule has 0 radical (unpaired) electrons. The molecule has 1 N–H and O–H groups in total. The Morgan fingerprint density at radius 3 is 2.67 bits per heavy atom. The third-order valence-corrected chi connectivity index (χ3v) is 2.03. The van der Waals surface area contributed by atoms with E-state index < -0.39 is 11.9 Å². The highest BCUT2D eigenvalue weighted by molar-refractivity contribution is 5.41. The van der Waals surface area contributed by atoms with E-state index in [1.165, 1.54) is 10.8 Å². The van der Waals surface area contributed by atoms with Crippen LogP contribution in [0.5, 0.6) is 0 Å². The Morgan fingerprint density at radius 1 is 1.33 bits per heavy atom. The fourth-order valence-electron chi connectivity index (χ4n) is 1.36. The number of aromatic nitrogens is 3. The summed E-state index contributed by atoms with van der Waals surface area (Å²) in [7, 11) is 0. The van der Waals surface area contributed by atoms with Crippen molar-refractivity contribution in [2.45, 2.75) is 12.7 Å². The minimum atomic E-state index is -4.43. The fourth-order valence-corrected chi connectivity index (χ4v) is 1.36. The molecule has 0 aliphatic carbocycles. The second kappa shape index (κ2) is 3.27. The van der Waals surface area contributed by atoms with Crippen molar-refractivity contribution in [2.75, 3.05) is 6.61 Å². The van der Waals surface area contributed by atoms with Crippen molar-refractivity contribution in [3.8, 4) is 0 Å². The number of aliphatic hydroxyl groups excluding tert-OH is 1. The first-order chi connectivity index (χ1) is 7.02. The van der Waals surface area contributed by atoms with Gasteiger partial charge in [-0.15, -0.1) is 0 Å². The Morgan fingerprint density at radius 2 is 2.07 bits per heavy atom. The van der Waals surface area contributed by atoms with Crippen LogP contribution in [0.15, 0.2) is 18.5 Å². The zero-order chi connectivity index (χ0) is 11.1. The lowest BCUT2D eigenvalue weighted by atomic mass is 10.4. The van der Waals surface area contributed by atoms with Gasteiger partial charge in [-0.1, -0.05) is 0 Å². The minimum Gasteiger partial charge on any atom is -0.395 e. The highest BCUT2D eigenvalue weighted by Gasteiger charge is 2.34. The molecule has 0 aromatic carbocycles. The number of halogens is 3. The summed E-state index contributed by atoms with van der Waals surface area (Å²) in [5.74, 6) is 0. The average molecular weight is 219 g/mol. The van der Waals surface area contributed by atoms with Gasteiger partial charge >= 0.3 is 6.18 Å². The third kappa shape index (κ3) is 1.70. The first kappa shape index (κ1) is 10.0. The SMILES string of the molecule is OCCn1ccn2nc(C(F)(F)F)cc12. The third-order valence-electron chi connectivity index (χ3n) is 2.03. The van der Waals surface area contributed by atoms with Gasteiger partial charge in [-0.3, -0.25) is 0 Å². The first-order valence-electron chi connectivity index (χ1n) is 4.25. The van der Waals surface area contributed by atoms with Gasteiger partial charge in [0.2, 0.25) is 0 Å². The Bertz CT molecular complexity index is 471. The molecule has 0 spiro atoms. The summed E-state index contributed by atoms with van der Waals surface area (Å²) in [6.45, 7) is 0.121. The Balaban J connectivity index is 2.48. The lowest BCUT2D eigenvalue weighted by molar-refractivity contribution is -0.141. The summed E-state index contributed by atoms with van der Waals surface area (Å²) >= 11 is 0. The van der Waals surface area contributed by atoms with Crippen molar-refractivity contribution in [2.24, 2.45) is 0 Å². The van der Waals surface area contributed by atoms with Crippen LogP contribution in [-0.2, 0) is 12.7 Å². The van der Waals surface area contributed by atoms with E-state index in [1.807, 2.05) is 0 Å². The molecule has 0 atom stereocenters. The summed E-state index contributed by atoms with van der Waals surface area (Å²) in [6.07, 6.45) is -1.45. The van der Waals surface area contributed by atoms with Crippen LogP contribution in [0, 0.1) is 0 Å². The number of nitrogens with zero attached hydrogens (tertiary/aromatic N) is 3. The molecule has 2 aromatic heterocycles. The van der Waals surface area contributed by atoms with Crippen LogP contribution >= 0.6 is 0 Å². The molecule has 0 saturated heterocycles. The van der Waals surface area contributed by atoms with E-state index in [9.17, 15) is 13.2 Å². The van der Waals surface area contributed by atoms with Crippen LogP contribution < -0.4 is 0 Å². The van der Waals surface area contributed by atoms with Gasteiger partial charge in [0, 0.05) is 25.0 Å². The first-order valence-corrected chi connectivity index (χ1v) is 4.25. The normalized spacial score (nSPS) is 12.5. The van der Waals surface area contributed by atoms with Crippen molar-refractivity contribution in [3.05, 3.63) is 24.2 Å². The molecular formula is C8H8F3N3O. The predicted molar refractivity (Wildman–Crippen MR) is 45.3 cm³/mol. The van der Waals surface area contributed by atoms with Crippen LogP contribution in [0.3, 0.4) is 0 Å². The van der Waals surface area contributed by atoms with Gasteiger partial charge in [-0.05, 0) is 0 Å². The van der Waals surface area contributed by atoms with Crippen molar-refractivity contribution >= 4 is 5.65 Å². The lowest BCUT2D eigenvalue weighted by Crippen LogP contribution is -2.05. The molecule has 0 unspecified atom stereocenters. The molecule has 82 valence electrons. The summed E-state index contributed by atoms with van der Waals surface area (Å²) in [4.78, 5) is 0. The van der Waals surface area contributed by atoms with Crippen molar-refractivity contribution < 1.29 is 18.3 Å². The number of fused-ring (bicyclic) bond motifs is 1. The van der Waals surface area contributed by atoms with Crippen LogP contribution in [-0.4, -0.2) is 25.9 Å². The van der Waals surface area contributed by atoms with Crippen LogP contribution in [0.1, 0.15) is 5.69 Å². The zero-order valence-electron chi connectivity index (χ0n) is 7.57. The quantitative estimate of drug-likeness (QED) is 0.823. The maximum absolute atomic E-state index is 12.3. The zero-order valence-corrected chi connectivity index (χ0v) is 7.57. The van der Waals surface area contributed by atoms with Gasteiger partial charge in [-0.2, -0.15) is 18.3 Å². The summed E-state index contributed by atoms with van der Waals surface area (Å²) in [5.41, 5.74) is -0.610. The number of rotatable bonds is 2. The van der Waals surface area contributed by atoms with Crippen molar-refractivity contribution in [1.82, 2.24) is 14.2 Å². The summed E-state index contributed by atoms with van der Waals surface area (Å²) in [6, 6.07) is 0.954. The van der Waals surface area contributed by atoms with Gasteiger partial charge < -0.3 is 9.67 Å². The molecule has 0 aliphatic heterocycles. The van der Waals surface area contributed by atoms with E-state index in [4.69, 9.17) is 5.11 Å². The maximum Gasteiger partial charge on any atom is 0.435 e. The van der Waals surface area contributed by atoms with Crippen LogP contribution in [0.2, 0.25) is 0 Å². The maximum atomic E-state index is 12.3. The molecule has 0 bridgehead atoms. The molecular weight excluding hydrogens is 211 g/mol. The van der Waals surface area contributed by atoms with Gasteiger partial charge in [0.05, 0.1) is 6.61 Å². The molecule has 0 amide bonds. The van der Waals surface area contributed by atoms with Gasteiger partial charge in [0.1, 0.15) is 5.65 Å². The number of hydrogen-bond acceptors (Lipinski definition) is 2. The molecule has 7 heteroatoms. The molecule has 0 saturated carbocycles. The van der Waals surface area contributed by atoms with E-state index in [0.29, 0.717) is 5.65 Å². The Kier molecular flexibility index (Phi) is 2.18. The molecule has 2 heterocycles. The number of imidazole rings is 1. The van der Waals surface area contributed by atoms with Gasteiger partial charge in [-0.25, -0.2) is 4.52 Å². The monoisotopic (exact) mass is 219 g/mol. The summed E-state index contributed by atoms with van der Waals surface area (Å²) in [5, 5.41) is 12.1. The van der Waals surface area contributed by atoms with E-state index >= 15 is 0 Å². The highest BCUT2D eigenvalue weighted by Crippen LogP contribution is 2.28. The molecule has 2 rings (SSSR count). The van der Waals surface area contributed by atoms with E-state index in [2.05, 4.69) is 5.10 Å². The largest absolute Gasteiger partial charge is 0.435 e. The van der Waals surface area contributed by atoms with Crippen molar-refractivity contribution in [1.29, 1.82) is 0 Å². The van der Waals surface area contributed by atoms with E-state index in [-0.39, 0.29) is 13.2 Å². The van der Waals surface area contributed by atoms with Crippen LogP contribution in [0.25, 0.3) is 5.65 Å². The highest BCUT2D eigenvalue weighted by atomic mass is 19.4. The van der Waals surface area contributed by atoms with Crippen molar-refractivity contribution in [3.63, 3.8) is 0 Å². The second-order valence-corrected chi connectivity index (χ2v) is 3.05. The smallest absolute Gasteiger partial charge is 0.395 e.